The predicted octanol–water partition coefficient (Wildman–Crippen LogP) is 1.52. The molecule has 0 spiro atoms. The van der Waals surface area contributed by atoms with Gasteiger partial charge in [0.05, 0.1) is 12.3 Å². The van der Waals surface area contributed by atoms with Crippen LogP contribution in [0.1, 0.15) is 12.6 Å². The van der Waals surface area contributed by atoms with Crippen LogP contribution in [0.3, 0.4) is 0 Å². The predicted molar refractivity (Wildman–Crippen MR) is 50.6 cm³/mol. The van der Waals surface area contributed by atoms with E-state index in [2.05, 4.69) is 20.6 Å². The van der Waals surface area contributed by atoms with Gasteiger partial charge in [-0.3, -0.25) is 5.43 Å². The lowest BCUT2D eigenvalue weighted by molar-refractivity contribution is 0.154. The highest BCUT2D eigenvalue weighted by atomic mass is 32.1. The summed E-state index contributed by atoms with van der Waals surface area (Å²) in [5.41, 5.74) is 5.90. The number of anilines is 1. The number of nitrogens with zero attached hydrogens (tertiary/aromatic N) is 1. The molecule has 0 unspecified atom stereocenters. The normalized spacial score (nSPS) is 9.38. The molecule has 0 bridgehead atoms. The van der Waals surface area contributed by atoms with E-state index in [0.717, 1.165) is 5.69 Å². The Labute approximate surface area is 80.1 Å². The van der Waals surface area contributed by atoms with Gasteiger partial charge in [-0.2, -0.15) is 0 Å². The molecule has 1 amide bonds. The summed E-state index contributed by atoms with van der Waals surface area (Å²) >= 11 is 1.42. The molecular weight excluding hydrogens is 190 g/mol. The number of rotatable bonds is 3. The van der Waals surface area contributed by atoms with Gasteiger partial charge in [-0.1, -0.05) is 0 Å². The first-order chi connectivity index (χ1) is 6.22. The molecule has 0 fully saturated rings. The van der Waals surface area contributed by atoms with E-state index in [1.54, 1.807) is 6.92 Å². The first kappa shape index (κ1) is 9.79. The summed E-state index contributed by atoms with van der Waals surface area (Å²) < 4.78 is 4.63. The molecular formula is C7H11N3O2S. The van der Waals surface area contributed by atoms with Gasteiger partial charge in [-0.25, -0.2) is 15.2 Å². The largest absolute Gasteiger partial charge is 0.449 e. The Hall–Kier alpha value is -1.30. The van der Waals surface area contributed by atoms with Crippen molar-refractivity contribution in [2.75, 3.05) is 12.0 Å². The Bertz CT molecular complexity index is 287. The van der Waals surface area contributed by atoms with Gasteiger partial charge in [-0.05, 0) is 13.8 Å². The monoisotopic (exact) mass is 201 g/mol. The van der Waals surface area contributed by atoms with Gasteiger partial charge in [-0.15, -0.1) is 11.3 Å². The molecule has 0 aliphatic heterocycles. The number of aryl methyl sites for hydroxylation is 1. The maximum atomic E-state index is 10.8. The minimum absolute atomic E-state index is 0.352. The van der Waals surface area contributed by atoms with E-state index in [0.29, 0.717) is 11.7 Å². The SMILES string of the molecule is CCOC(=O)NNc1nc(C)cs1. The third-order valence-electron chi connectivity index (χ3n) is 1.17. The molecule has 6 heteroatoms. The summed E-state index contributed by atoms with van der Waals surface area (Å²) in [6.45, 7) is 3.98. The van der Waals surface area contributed by atoms with Crippen LogP contribution in [-0.2, 0) is 4.74 Å². The number of hydrogen-bond donors (Lipinski definition) is 2. The number of aromatic nitrogens is 1. The fraction of sp³-hybridized carbons (Fsp3) is 0.429. The lowest BCUT2D eigenvalue weighted by atomic mass is 10.6. The fourth-order valence-electron chi connectivity index (χ4n) is 0.683. The maximum Gasteiger partial charge on any atom is 0.425 e. The van der Waals surface area contributed by atoms with Crippen molar-refractivity contribution in [2.45, 2.75) is 13.8 Å². The zero-order valence-electron chi connectivity index (χ0n) is 7.46. The maximum absolute atomic E-state index is 10.8. The third kappa shape index (κ3) is 3.29. The molecule has 1 heterocycles. The van der Waals surface area contributed by atoms with E-state index in [1.807, 2.05) is 12.3 Å². The van der Waals surface area contributed by atoms with Crippen molar-refractivity contribution >= 4 is 22.6 Å². The van der Waals surface area contributed by atoms with Gasteiger partial charge >= 0.3 is 6.09 Å². The lowest BCUT2D eigenvalue weighted by Gasteiger charge is -2.04. The smallest absolute Gasteiger partial charge is 0.425 e. The van der Waals surface area contributed by atoms with E-state index < -0.39 is 6.09 Å². The Morgan fingerprint density at radius 2 is 2.54 bits per heavy atom. The number of amides is 1. The zero-order chi connectivity index (χ0) is 9.68. The van der Waals surface area contributed by atoms with Crippen molar-refractivity contribution < 1.29 is 9.53 Å². The molecule has 5 nitrogen and oxygen atoms in total. The number of carbonyl (C=O) groups excluding carboxylic acids is 1. The topological polar surface area (TPSA) is 63.2 Å². The van der Waals surface area contributed by atoms with Gasteiger partial charge in [0.2, 0.25) is 5.13 Å². The van der Waals surface area contributed by atoms with Crippen LogP contribution in [0.2, 0.25) is 0 Å². The second-order valence-electron chi connectivity index (χ2n) is 2.26. The molecule has 0 radical (unpaired) electrons. The van der Waals surface area contributed by atoms with E-state index in [-0.39, 0.29) is 0 Å². The van der Waals surface area contributed by atoms with Crippen molar-refractivity contribution in [2.24, 2.45) is 0 Å². The van der Waals surface area contributed by atoms with Gasteiger partial charge in [0.25, 0.3) is 0 Å². The molecule has 0 atom stereocenters. The van der Waals surface area contributed by atoms with Crippen LogP contribution in [0, 0.1) is 6.92 Å². The van der Waals surface area contributed by atoms with Crippen molar-refractivity contribution in [3.8, 4) is 0 Å². The van der Waals surface area contributed by atoms with Crippen LogP contribution in [0.15, 0.2) is 5.38 Å². The fourth-order valence-corrected chi connectivity index (χ4v) is 1.32. The first-order valence-corrected chi connectivity index (χ1v) is 4.71. The molecule has 0 saturated carbocycles. The van der Waals surface area contributed by atoms with Gasteiger partial charge in [0, 0.05) is 5.38 Å². The average molecular weight is 201 g/mol. The summed E-state index contributed by atoms with van der Waals surface area (Å²) in [5, 5.41) is 2.53. The lowest BCUT2D eigenvalue weighted by Crippen LogP contribution is -2.29. The molecule has 2 N–H and O–H groups in total. The van der Waals surface area contributed by atoms with Crippen LogP contribution < -0.4 is 10.9 Å². The molecule has 0 saturated heterocycles. The molecule has 1 aromatic heterocycles. The standard InChI is InChI=1S/C7H11N3O2S/c1-3-12-7(11)10-9-6-8-5(2)4-13-6/h4H,3H2,1-2H3,(H,8,9)(H,10,11). The van der Waals surface area contributed by atoms with Crippen molar-refractivity contribution in [1.82, 2.24) is 10.4 Å². The van der Waals surface area contributed by atoms with Crippen LogP contribution in [0.4, 0.5) is 9.93 Å². The highest BCUT2D eigenvalue weighted by Gasteiger charge is 2.00. The van der Waals surface area contributed by atoms with Crippen LogP contribution in [0.25, 0.3) is 0 Å². The van der Waals surface area contributed by atoms with E-state index in [9.17, 15) is 4.79 Å². The molecule has 0 aliphatic rings. The van der Waals surface area contributed by atoms with E-state index in [4.69, 9.17) is 0 Å². The Kier molecular flexibility index (Phi) is 3.51. The second-order valence-corrected chi connectivity index (χ2v) is 3.12. The average Bonchev–Trinajstić information content (AvgIpc) is 2.49. The number of hydrazine groups is 1. The molecule has 0 aromatic carbocycles. The molecule has 1 rings (SSSR count). The van der Waals surface area contributed by atoms with Gasteiger partial charge < -0.3 is 4.74 Å². The molecule has 0 aliphatic carbocycles. The first-order valence-electron chi connectivity index (χ1n) is 3.83. The summed E-state index contributed by atoms with van der Waals surface area (Å²) in [5.74, 6) is 0. The summed E-state index contributed by atoms with van der Waals surface area (Å²) in [4.78, 5) is 14.9. The van der Waals surface area contributed by atoms with Gasteiger partial charge in [0.1, 0.15) is 0 Å². The van der Waals surface area contributed by atoms with Crippen LogP contribution in [-0.4, -0.2) is 17.7 Å². The van der Waals surface area contributed by atoms with Crippen molar-refractivity contribution in [1.29, 1.82) is 0 Å². The van der Waals surface area contributed by atoms with Crippen molar-refractivity contribution in [3.63, 3.8) is 0 Å². The van der Waals surface area contributed by atoms with E-state index in [1.165, 1.54) is 11.3 Å². The Balaban J connectivity index is 2.30. The Morgan fingerprint density at radius 3 is 3.08 bits per heavy atom. The highest BCUT2D eigenvalue weighted by molar-refractivity contribution is 7.13. The number of carbonyl (C=O) groups is 1. The summed E-state index contributed by atoms with van der Waals surface area (Å²) in [6.07, 6.45) is -0.504. The van der Waals surface area contributed by atoms with Gasteiger partial charge in [0.15, 0.2) is 0 Å². The number of hydrogen-bond acceptors (Lipinski definition) is 5. The highest BCUT2D eigenvalue weighted by Crippen LogP contribution is 2.12. The number of ether oxygens (including phenoxy) is 1. The number of nitrogens with one attached hydrogen (secondary N) is 2. The second kappa shape index (κ2) is 4.66. The summed E-state index contributed by atoms with van der Waals surface area (Å²) in [6, 6.07) is 0. The minimum Gasteiger partial charge on any atom is -0.449 e. The number of thiazole rings is 1. The van der Waals surface area contributed by atoms with E-state index >= 15 is 0 Å². The quantitative estimate of drug-likeness (QED) is 0.728. The molecule has 13 heavy (non-hydrogen) atoms. The summed E-state index contributed by atoms with van der Waals surface area (Å²) in [7, 11) is 0. The van der Waals surface area contributed by atoms with Crippen molar-refractivity contribution in [3.05, 3.63) is 11.1 Å². The Morgan fingerprint density at radius 1 is 1.77 bits per heavy atom. The zero-order valence-corrected chi connectivity index (χ0v) is 8.27. The third-order valence-corrected chi connectivity index (χ3v) is 2.04. The van der Waals surface area contributed by atoms with Crippen LogP contribution in [0.5, 0.6) is 0 Å². The minimum atomic E-state index is -0.504. The molecule has 72 valence electrons. The molecule has 1 aromatic rings. The van der Waals surface area contributed by atoms with Crippen LogP contribution >= 0.6 is 11.3 Å².